The fourth-order valence-corrected chi connectivity index (χ4v) is 2.81. The Balaban J connectivity index is 2.36. The molecule has 1 aromatic rings. The largest absolute Gasteiger partial charge is 0.368 e. The number of nitrogens with two attached hydrogens (primary N) is 1. The van der Waals surface area contributed by atoms with Crippen molar-refractivity contribution in [3.05, 3.63) is 29.3 Å². The quantitative estimate of drug-likeness (QED) is 0.865. The molecule has 1 unspecified atom stereocenters. The van der Waals surface area contributed by atoms with Crippen molar-refractivity contribution >= 4 is 5.69 Å². The highest BCUT2D eigenvalue weighted by Crippen LogP contribution is 2.40. The Labute approximate surface area is 105 Å². The number of nitrogens with zero attached hydrogens (tertiary/aromatic N) is 1. The van der Waals surface area contributed by atoms with Crippen LogP contribution in [0.4, 0.5) is 5.69 Å². The lowest BCUT2D eigenvalue weighted by atomic mass is 9.98. The van der Waals surface area contributed by atoms with Gasteiger partial charge in [-0.05, 0) is 44.4 Å². The van der Waals surface area contributed by atoms with E-state index in [2.05, 4.69) is 43.9 Å². The van der Waals surface area contributed by atoms with Crippen LogP contribution in [0.5, 0.6) is 0 Å². The molecule has 1 heterocycles. The summed E-state index contributed by atoms with van der Waals surface area (Å²) < 4.78 is 0. The number of para-hydroxylation sites is 1. The molecule has 2 nitrogen and oxygen atoms in total. The normalized spacial score (nSPS) is 18.9. The van der Waals surface area contributed by atoms with E-state index in [0.717, 1.165) is 25.9 Å². The van der Waals surface area contributed by atoms with Crippen molar-refractivity contribution in [3.63, 3.8) is 0 Å². The minimum atomic E-state index is 0.581. The summed E-state index contributed by atoms with van der Waals surface area (Å²) in [7, 11) is 0. The topological polar surface area (TPSA) is 29.3 Å². The second-order valence-electron chi connectivity index (χ2n) is 5.39. The van der Waals surface area contributed by atoms with Gasteiger partial charge in [-0.3, -0.25) is 0 Å². The number of fused-ring (bicyclic) bond motifs is 1. The molecule has 1 aliphatic heterocycles. The van der Waals surface area contributed by atoms with E-state index in [-0.39, 0.29) is 0 Å². The Hall–Kier alpha value is -1.02. The van der Waals surface area contributed by atoms with E-state index in [4.69, 9.17) is 5.73 Å². The zero-order valence-electron chi connectivity index (χ0n) is 11.2. The van der Waals surface area contributed by atoms with Crippen molar-refractivity contribution in [2.24, 2.45) is 5.73 Å². The summed E-state index contributed by atoms with van der Waals surface area (Å²) in [6.07, 6.45) is 2.19. The van der Waals surface area contributed by atoms with Crippen LogP contribution in [0.1, 0.15) is 44.2 Å². The molecular weight excluding hydrogens is 208 g/mol. The molecule has 2 rings (SSSR count). The van der Waals surface area contributed by atoms with Crippen LogP contribution in [0.25, 0.3) is 0 Å². The molecule has 0 radical (unpaired) electrons. The molecule has 1 aliphatic rings. The van der Waals surface area contributed by atoms with Gasteiger partial charge in [0.25, 0.3) is 0 Å². The lowest BCUT2D eigenvalue weighted by Gasteiger charge is -2.26. The molecular formula is C15H24N2. The summed E-state index contributed by atoms with van der Waals surface area (Å²) in [5, 5.41) is 0. The lowest BCUT2D eigenvalue weighted by Crippen LogP contribution is -2.29. The van der Waals surface area contributed by atoms with Gasteiger partial charge in [0.05, 0.1) is 0 Å². The zero-order valence-corrected chi connectivity index (χ0v) is 11.2. The van der Waals surface area contributed by atoms with Crippen molar-refractivity contribution < 1.29 is 0 Å². The van der Waals surface area contributed by atoms with Gasteiger partial charge < -0.3 is 10.6 Å². The molecule has 17 heavy (non-hydrogen) atoms. The molecule has 0 aliphatic carbocycles. The smallest absolute Gasteiger partial charge is 0.0437 e. The number of aryl methyl sites for hydroxylation is 1. The molecule has 0 fully saturated rings. The SMILES string of the molecule is CC1CN(C(C)C)c2c(CCCN)cccc21. The average molecular weight is 232 g/mol. The minimum Gasteiger partial charge on any atom is -0.368 e. The fraction of sp³-hybridized carbons (Fsp3) is 0.600. The Kier molecular flexibility index (Phi) is 3.72. The van der Waals surface area contributed by atoms with Crippen LogP contribution < -0.4 is 10.6 Å². The highest BCUT2D eigenvalue weighted by Gasteiger charge is 2.28. The van der Waals surface area contributed by atoms with E-state index < -0.39 is 0 Å². The van der Waals surface area contributed by atoms with Crippen molar-refractivity contribution in [1.29, 1.82) is 0 Å². The molecule has 0 aromatic heterocycles. The van der Waals surface area contributed by atoms with Crippen LogP contribution in [-0.4, -0.2) is 19.1 Å². The molecule has 0 amide bonds. The molecule has 0 saturated carbocycles. The van der Waals surface area contributed by atoms with E-state index in [9.17, 15) is 0 Å². The fourth-order valence-electron chi connectivity index (χ4n) is 2.81. The van der Waals surface area contributed by atoms with Gasteiger partial charge in [-0.15, -0.1) is 0 Å². The third-order valence-electron chi connectivity index (χ3n) is 3.71. The maximum absolute atomic E-state index is 5.63. The van der Waals surface area contributed by atoms with Crippen LogP contribution in [0.15, 0.2) is 18.2 Å². The third kappa shape index (κ3) is 2.32. The van der Waals surface area contributed by atoms with E-state index in [0.29, 0.717) is 12.0 Å². The number of rotatable bonds is 4. The molecule has 1 atom stereocenters. The van der Waals surface area contributed by atoms with E-state index in [1.807, 2.05) is 0 Å². The first-order chi connectivity index (χ1) is 8.15. The number of anilines is 1. The van der Waals surface area contributed by atoms with Crippen molar-refractivity contribution in [1.82, 2.24) is 0 Å². The predicted octanol–water partition coefficient (Wildman–Crippen LogP) is 2.91. The second-order valence-corrected chi connectivity index (χ2v) is 5.39. The van der Waals surface area contributed by atoms with Crippen LogP contribution in [0.2, 0.25) is 0 Å². The van der Waals surface area contributed by atoms with Crippen LogP contribution in [0, 0.1) is 0 Å². The summed E-state index contributed by atoms with van der Waals surface area (Å²) in [6.45, 7) is 8.82. The molecule has 2 N–H and O–H groups in total. The van der Waals surface area contributed by atoms with E-state index in [1.54, 1.807) is 0 Å². The first-order valence-corrected chi connectivity index (χ1v) is 6.73. The summed E-state index contributed by atoms with van der Waals surface area (Å²) in [4.78, 5) is 2.55. The second kappa shape index (κ2) is 5.09. The lowest BCUT2D eigenvalue weighted by molar-refractivity contribution is 0.667. The molecule has 2 heteroatoms. The summed E-state index contributed by atoms with van der Waals surface area (Å²) in [5.74, 6) is 0.658. The summed E-state index contributed by atoms with van der Waals surface area (Å²) in [5.41, 5.74) is 10.1. The zero-order chi connectivity index (χ0) is 12.4. The highest BCUT2D eigenvalue weighted by molar-refractivity contribution is 5.65. The third-order valence-corrected chi connectivity index (χ3v) is 3.71. The Morgan fingerprint density at radius 3 is 2.82 bits per heavy atom. The van der Waals surface area contributed by atoms with Crippen LogP contribution >= 0.6 is 0 Å². The van der Waals surface area contributed by atoms with Crippen molar-refractivity contribution in [2.75, 3.05) is 18.0 Å². The van der Waals surface area contributed by atoms with Crippen LogP contribution in [0.3, 0.4) is 0 Å². The summed E-state index contributed by atoms with van der Waals surface area (Å²) in [6, 6.07) is 7.33. The van der Waals surface area contributed by atoms with E-state index in [1.165, 1.54) is 16.8 Å². The summed E-state index contributed by atoms with van der Waals surface area (Å²) >= 11 is 0. The van der Waals surface area contributed by atoms with Gasteiger partial charge in [0.1, 0.15) is 0 Å². The van der Waals surface area contributed by atoms with Gasteiger partial charge in [-0.1, -0.05) is 25.1 Å². The maximum atomic E-state index is 5.63. The highest BCUT2D eigenvalue weighted by atomic mass is 15.2. The number of hydrogen-bond donors (Lipinski definition) is 1. The Bertz CT molecular complexity index is 385. The molecule has 1 aromatic carbocycles. The number of benzene rings is 1. The minimum absolute atomic E-state index is 0.581. The molecule has 0 bridgehead atoms. The molecule has 0 spiro atoms. The Morgan fingerprint density at radius 2 is 2.18 bits per heavy atom. The molecule has 94 valence electrons. The van der Waals surface area contributed by atoms with E-state index >= 15 is 0 Å². The monoisotopic (exact) mass is 232 g/mol. The standard InChI is InChI=1S/C15H24N2/c1-11(2)17-10-12(3)14-8-4-6-13(15(14)17)7-5-9-16/h4,6,8,11-12H,5,7,9-10,16H2,1-3H3. The molecule has 0 saturated heterocycles. The Morgan fingerprint density at radius 1 is 1.41 bits per heavy atom. The van der Waals surface area contributed by atoms with Gasteiger partial charge >= 0.3 is 0 Å². The van der Waals surface area contributed by atoms with Gasteiger partial charge in [-0.25, -0.2) is 0 Å². The number of hydrogen-bond acceptors (Lipinski definition) is 2. The van der Waals surface area contributed by atoms with Gasteiger partial charge in [-0.2, -0.15) is 0 Å². The maximum Gasteiger partial charge on any atom is 0.0437 e. The van der Waals surface area contributed by atoms with Gasteiger partial charge in [0.2, 0.25) is 0 Å². The predicted molar refractivity (Wildman–Crippen MR) is 74.7 cm³/mol. The average Bonchev–Trinajstić information content (AvgIpc) is 2.65. The van der Waals surface area contributed by atoms with Crippen LogP contribution in [-0.2, 0) is 6.42 Å². The van der Waals surface area contributed by atoms with Crippen molar-refractivity contribution in [3.8, 4) is 0 Å². The van der Waals surface area contributed by atoms with Gasteiger partial charge in [0, 0.05) is 24.2 Å². The van der Waals surface area contributed by atoms with Gasteiger partial charge in [0.15, 0.2) is 0 Å². The first-order valence-electron chi connectivity index (χ1n) is 6.73. The van der Waals surface area contributed by atoms with Crippen molar-refractivity contribution in [2.45, 2.75) is 45.6 Å². The first kappa shape index (κ1) is 12.4.